The number of hydrogen-bond donors (Lipinski definition) is 1. The largest absolute Gasteiger partial charge is 0.484 e. The normalized spacial score (nSPS) is 14.5. The molecule has 1 amide bonds. The van der Waals surface area contributed by atoms with E-state index in [1.165, 1.54) is 6.07 Å². The molecule has 0 atom stereocenters. The van der Waals surface area contributed by atoms with Gasteiger partial charge in [0.1, 0.15) is 11.3 Å². The van der Waals surface area contributed by atoms with Crippen LogP contribution in [0.5, 0.6) is 5.75 Å². The maximum absolute atomic E-state index is 12.4. The molecule has 1 aliphatic heterocycles. The number of benzene rings is 2. The average Bonchev–Trinajstić information content (AvgIpc) is 2.79. The summed E-state index contributed by atoms with van der Waals surface area (Å²) in [5.74, 6) is 0.611. The number of nitrogens with one attached hydrogen (secondary N) is 1. The number of carbonyl (C=O) groups excluding carboxylic acids is 1. The van der Waals surface area contributed by atoms with Crippen LogP contribution in [-0.2, 0) is 4.79 Å². The molecule has 1 aromatic heterocycles. The maximum Gasteiger partial charge on any atom is 0.338 e. The fourth-order valence-corrected chi connectivity index (χ4v) is 3.72. The third kappa shape index (κ3) is 5.57. The van der Waals surface area contributed by atoms with E-state index in [1.807, 2.05) is 23.1 Å². The molecule has 0 unspecified atom stereocenters. The zero-order chi connectivity index (χ0) is 21.6. The first kappa shape index (κ1) is 21.2. The van der Waals surface area contributed by atoms with Gasteiger partial charge < -0.3 is 19.4 Å². The van der Waals surface area contributed by atoms with Crippen LogP contribution in [0.2, 0.25) is 5.02 Å². The van der Waals surface area contributed by atoms with Crippen LogP contribution < -0.4 is 15.7 Å². The minimum absolute atomic E-state index is 0.0183. The maximum atomic E-state index is 12.4. The van der Waals surface area contributed by atoms with E-state index < -0.39 is 0 Å². The molecule has 3 aromatic rings. The molecule has 0 radical (unpaired) electrons. The topological polar surface area (TPSA) is 75.0 Å². The van der Waals surface area contributed by atoms with Crippen LogP contribution in [0.4, 0.5) is 5.69 Å². The Morgan fingerprint density at radius 3 is 2.58 bits per heavy atom. The Kier molecular flexibility index (Phi) is 6.74. The second-order valence-corrected chi connectivity index (χ2v) is 7.80. The van der Waals surface area contributed by atoms with E-state index >= 15 is 0 Å². The Labute approximate surface area is 185 Å². The lowest BCUT2D eigenvalue weighted by Crippen LogP contribution is -2.50. The van der Waals surface area contributed by atoms with E-state index in [2.05, 4.69) is 10.2 Å². The highest BCUT2D eigenvalue weighted by atomic mass is 35.5. The fourth-order valence-electron chi connectivity index (χ4n) is 3.59. The number of fused-ring (bicyclic) bond motifs is 1. The molecule has 162 valence electrons. The van der Waals surface area contributed by atoms with E-state index in [-0.39, 0.29) is 18.1 Å². The highest BCUT2D eigenvalue weighted by molar-refractivity contribution is 6.30. The van der Waals surface area contributed by atoms with Gasteiger partial charge in [0.25, 0.3) is 5.91 Å². The molecule has 7 nitrogen and oxygen atoms in total. The number of ether oxygens (including phenoxy) is 1. The van der Waals surface area contributed by atoms with Crippen molar-refractivity contribution in [1.29, 1.82) is 0 Å². The number of piperazine rings is 1. The summed E-state index contributed by atoms with van der Waals surface area (Å²) in [5, 5.41) is 4.86. The Bertz CT molecular complexity index is 1090. The highest BCUT2D eigenvalue weighted by Gasteiger charge is 2.21. The zero-order valence-corrected chi connectivity index (χ0v) is 17.8. The summed E-state index contributed by atoms with van der Waals surface area (Å²) >= 11 is 5.86. The Morgan fingerprint density at radius 2 is 1.81 bits per heavy atom. The third-order valence-corrected chi connectivity index (χ3v) is 5.55. The summed E-state index contributed by atoms with van der Waals surface area (Å²) in [7, 11) is 0. The van der Waals surface area contributed by atoms with Crippen LogP contribution >= 0.6 is 11.6 Å². The first-order valence-corrected chi connectivity index (χ1v) is 10.6. The highest BCUT2D eigenvalue weighted by Crippen LogP contribution is 2.20. The summed E-state index contributed by atoms with van der Waals surface area (Å²) in [6.07, 6.45) is 0. The first-order valence-electron chi connectivity index (χ1n) is 10.2. The van der Waals surface area contributed by atoms with Gasteiger partial charge in [-0.25, -0.2) is 4.79 Å². The minimum Gasteiger partial charge on any atom is -0.484 e. The third-order valence-electron chi connectivity index (χ3n) is 5.29. The lowest BCUT2D eigenvalue weighted by Gasteiger charge is -2.34. The molecule has 1 fully saturated rings. The molecule has 2 aromatic carbocycles. The first-order chi connectivity index (χ1) is 15.1. The standard InChI is InChI=1S/C23H24ClN3O4/c24-17-5-7-18(8-6-17)30-16-22(28)27-13-11-26(12-14-27)10-9-25-20-15-23(29)31-21-4-2-1-3-19(20)21/h1-8,15,25H,9-14,16H2. The summed E-state index contributed by atoms with van der Waals surface area (Å²) in [6, 6.07) is 15.9. The van der Waals surface area contributed by atoms with Crippen molar-refractivity contribution in [2.75, 3.05) is 51.2 Å². The number of nitrogens with zero attached hydrogens (tertiary/aromatic N) is 2. The van der Waals surface area contributed by atoms with E-state index in [0.717, 1.165) is 30.7 Å². The monoisotopic (exact) mass is 441 g/mol. The van der Waals surface area contributed by atoms with Gasteiger partial charge in [-0.15, -0.1) is 0 Å². The van der Waals surface area contributed by atoms with Gasteiger partial charge in [-0.1, -0.05) is 23.7 Å². The van der Waals surface area contributed by atoms with Gasteiger partial charge in [0, 0.05) is 55.7 Å². The number of hydrogen-bond acceptors (Lipinski definition) is 6. The van der Waals surface area contributed by atoms with Crippen molar-refractivity contribution in [3.05, 3.63) is 70.0 Å². The number of para-hydroxylation sites is 1. The second kappa shape index (κ2) is 9.85. The predicted octanol–water partition coefficient (Wildman–Crippen LogP) is 3.08. The van der Waals surface area contributed by atoms with Gasteiger partial charge in [0.2, 0.25) is 0 Å². The molecule has 4 rings (SSSR count). The van der Waals surface area contributed by atoms with Crippen molar-refractivity contribution in [3.63, 3.8) is 0 Å². The molecule has 8 heteroatoms. The smallest absolute Gasteiger partial charge is 0.338 e. The van der Waals surface area contributed by atoms with Gasteiger partial charge in [-0.05, 0) is 36.4 Å². The lowest BCUT2D eigenvalue weighted by atomic mass is 10.2. The number of carbonyl (C=O) groups is 1. The number of rotatable bonds is 7. The molecular formula is C23H24ClN3O4. The molecule has 1 saturated heterocycles. The SMILES string of the molecule is O=C(COc1ccc(Cl)cc1)N1CCN(CCNc2cc(=O)oc3ccccc23)CC1. The van der Waals surface area contributed by atoms with Crippen molar-refractivity contribution < 1.29 is 13.9 Å². The quantitative estimate of drug-likeness (QED) is 0.568. The van der Waals surface area contributed by atoms with Gasteiger partial charge in [0.15, 0.2) is 6.61 Å². The number of halogens is 1. The van der Waals surface area contributed by atoms with E-state index in [0.29, 0.717) is 36.0 Å². The average molecular weight is 442 g/mol. The predicted molar refractivity (Wildman–Crippen MR) is 121 cm³/mol. The van der Waals surface area contributed by atoms with Crippen LogP contribution in [0, 0.1) is 0 Å². The summed E-state index contributed by atoms with van der Waals surface area (Å²) in [6.45, 7) is 4.46. The van der Waals surface area contributed by atoms with Crippen LogP contribution in [0.25, 0.3) is 11.0 Å². The van der Waals surface area contributed by atoms with Gasteiger partial charge in [-0.2, -0.15) is 0 Å². The van der Waals surface area contributed by atoms with Crippen molar-refractivity contribution in [1.82, 2.24) is 9.80 Å². The Hall–Kier alpha value is -3.03. The summed E-state index contributed by atoms with van der Waals surface area (Å²) < 4.78 is 10.8. The summed E-state index contributed by atoms with van der Waals surface area (Å²) in [5.41, 5.74) is 0.986. The van der Waals surface area contributed by atoms with Crippen molar-refractivity contribution >= 4 is 34.2 Å². The molecule has 2 heterocycles. The second-order valence-electron chi connectivity index (χ2n) is 7.37. The van der Waals surface area contributed by atoms with Crippen molar-refractivity contribution in [2.24, 2.45) is 0 Å². The molecule has 0 aliphatic carbocycles. The molecular weight excluding hydrogens is 418 g/mol. The van der Waals surface area contributed by atoms with E-state index in [9.17, 15) is 9.59 Å². The number of anilines is 1. The van der Waals surface area contributed by atoms with Crippen LogP contribution in [0.1, 0.15) is 0 Å². The molecule has 1 N–H and O–H groups in total. The van der Waals surface area contributed by atoms with E-state index in [1.54, 1.807) is 30.3 Å². The summed E-state index contributed by atoms with van der Waals surface area (Å²) in [4.78, 5) is 28.3. The van der Waals surface area contributed by atoms with Crippen molar-refractivity contribution in [2.45, 2.75) is 0 Å². The minimum atomic E-state index is -0.367. The van der Waals surface area contributed by atoms with Crippen molar-refractivity contribution in [3.8, 4) is 5.75 Å². The molecule has 0 bridgehead atoms. The molecule has 31 heavy (non-hydrogen) atoms. The van der Waals surface area contributed by atoms with Crippen LogP contribution in [0.15, 0.2) is 63.8 Å². The van der Waals surface area contributed by atoms with E-state index in [4.69, 9.17) is 20.8 Å². The Balaban J connectivity index is 1.21. The van der Waals surface area contributed by atoms with Crippen LogP contribution in [0.3, 0.4) is 0 Å². The molecule has 0 saturated carbocycles. The van der Waals surface area contributed by atoms with Gasteiger partial charge >= 0.3 is 5.63 Å². The molecule has 1 aliphatic rings. The van der Waals surface area contributed by atoms with Gasteiger partial charge in [-0.3, -0.25) is 9.69 Å². The van der Waals surface area contributed by atoms with Gasteiger partial charge in [0.05, 0.1) is 5.69 Å². The van der Waals surface area contributed by atoms with Crippen LogP contribution in [-0.4, -0.2) is 61.6 Å². The number of amides is 1. The molecule has 0 spiro atoms. The zero-order valence-electron chi connectivity index (χ0n) is 17.1. The lowest BCUT2D eigenvalue weighted by molar-refractivity contribution is -0.135. The fraction of sp³-hybridized carbons (Fsp3) is 0.304. The Morgan fingerprint density at radius 1 is 1.06 bits per heavy atom.